The van der Waals surface area contributed by atoms with Gasteiger partial charge in [0.1, 0.15) is 0 Å². The molecule has 4 heavy (non-hydrogen) atoms. The molecule has 0 aromatic carbocycles. The first-order valence-corrected chi connectivity index (χ1v) is 2.80. The van der Waals surface area contributed by atoms with E-state index in [0.29, 0.717) is 0 Å². The summed E-state index contributed by atoms with van der Waals surface area (Å²) in [5, 5.41) is 0. The van der Waals surface area contributed by atoms with Crippen molar-refractivity contribution < 1.29 is 0 Å². The van der Waals surface area contributed by atoms with Gasteiger partial charge in [0.05, 0.1) is 0 Å². The largest absolute Gasteiger partial charge is 0.115 e. The van der Waals surface area contributed by atoms with Crippen molar-refractivity contribution >= 4 is 23.3 Å². The van der Waals surface area contributed by atoms with Crippen LogP contribution in [-0.2, 0) is 0 Å². The van der Waals surface area contributed by atoms with E-state index in [1.165, 1.54) is 0 Å². The average molecular weight is 96.2 g/mol. The lowest BCUT2D eigenvalue weighted by molar-refractivity contribution is 1.50. The fourth-order valence-corrected chi connectivity index (χ4v) is 0. The van der Waals surface area contributed by atoms with Crippen LogP contribution < -0.4 is 0 Å². The van der Waals surface area contributed by atoms with E-state index in [0.717, 1.165) is 0 Å². The fraction of sp³-hybridized carbons (Fsp3) is 1.00. The molecule has 0 amide bonds. The summed E-state index contributed by atoms with van der Waals surface area (Å²) in [5.74, 6) is 0. The monoisotopic (exact) mass is 96.0 g/mol. The molecule has 0 heterocycles. The van der Waals surface area contributed by atoms with Crippen LogP contribution in [0.15, 0.2) is 0 Å². The van der Waals surface area contributed by atoms with Gasteiger partial charge in [-0.05, 0) is 0 Å². The molecule has 0 aliphatic carbocycles. The normalized spacial score (nSPS) is 3.00. The Bertz CT molecular complexity index is 4.00. The van der Waals surface area contributed by atoms with Crippen LogP contribution in [0.4, 0.5) is 0 Å². The lowest BCUT2D eigenvalue weighted by atomic mass is 11.0. The highest BCUT2D eigenvalue weighted by Crippen LogP contribution is 1.65. The average Bonchev–Trinajstić information content (AvgIpc) is 1.50. The highest BCUT2D eigenvalue weighted by Gasteiger charge is 0.932. The molecule has 0 saturated carbocycles. The third-order valence-electron chi connectivity index (χ3n) is 0. The van der Waals surface area contributed by atoms with Crippen LogP contribution in [0.2, 0.25) is 0 Å². The summed E-state index contributed by atoms with van der Waals surface area (Å²) in [5.41, 5.74) is 0. The first kappa shape index (κ1) is 8.83. The zero-order valence-electron chi connectivity index (χ0n) is 2.89. The van der Waals surface area contributed by atoms with E-state index in [-0.39, 0.29) is 0 Å². The summed E-state index contributed by atoms with van der Waals surface area (Å²) in [6.07, 6.45) is 0. The van der Waals surface area contributed by atoms with Crippen LogP contribution in [-0.4, -0.2) is 0 Å². The van der Waals surface area contributed by atoms with Gasteiger partial charge in [-0.1, -0.05) is 13.8 Å². The Morgan fingerprint density at radius 3 is 1.00 bits per heavy atom. The van der Waals surface area contributed by atoms with Gasteiger partial charge in [0.25, 0.3) is 0 Å². The van der Waals surface area contributed by atoms with Crippen molar-refractivity contribution in [3.63, 3.8) is 0 Å². The minimum atomic E-state index is 2.00. The molecule has 0 aliphatic rings. The molecule has 0 fully saturated rings. The van der Waals surface area contributed by atoms with Crippen molar-refractivity contribution in [1.82, 2.24) is 0 Å². The molecule has 28 valence electrons. The zero-order valence-corrected chi connectivity index (χ0v) is 4.68. The van der Waals surface area contributed by atoms with Gasteiger partial charge in [0.15, 0.2) is 0 Å². The van der Waals surface area contributed by atoms with Gasteiger partial charge in [0.2, 0.25) is 0 Å². The molecule has 0 unspecified atom stereocenters. The van der Waals surface area contributed by atoms with Gasteiger partial charge in [-0.25, -0.2) is 0 Å². The van der Waals surface area contributed by atoms with Crippen LogP contribution in [0, 0.1) is 0 Å². The Labute approximate surface area is 37.8 Å². The standard InChI is InChI=1S/C2H6.H2S2/c2*1-2/h1-2H3;1-2H. The molecule has 0 saturated heterocycles. The summed E-state index contributed by atoms with van der Waals surface area (Å²) in [4.78, 5) is 0. The first-order valence-electron chi connectivity index (χ1n) is 1.20. The van der Waals surface area contributed by atoms with Crippen molar-refractivity contribution in [3.05, 3.63) is 0 Å². The maximum atomic E-state index is 3.22. The Kier molecular flexibility index (Phi) is 121. The van der Waals surface area contributed by atoms with Gasteiger partial charge < -0.3 is 0 Å². The van der Waals surface area contributed by atoms with Gasteiger partial charge in [-0.2, -0.15) is 0 Å². The maximum Gasteiger partial charge on any atom is -0.0683 e. The lowest BCUT2D eigenvalue weighted by Crippen LogP contribution is -0.856. The molecule has 0 rings (SSSR count). The van der Waals surface area contributed by atoms with Crippen LogP contribution in [0.1, 0.15) is 13.8 Å². The first-order chi connectivity index (χ1) is 2.00. The van der Waals surface area contributed by atoms with Crippen LogP contribution in [0.5, 0.6) is 0 Å². The van der Waals surface area contributed by atoms with E-state index in [1.807, 2.05) is 13.8 Å². The number of hydrogen-bond acceptors (Lipinski definition) is 2. The Morgan fingerprint density at radius 2 is 1.00 bits per heavy atom. The molecular weight excluding hydrogens is 88.2 g/mol. The smallest absolute Gasteiger partial charge is 0.0683 e. The highest BCUT2D eigenvalue weighted by molar-refractivity contribution is 8.59. The van der Waals surface area contributed by atoms with Crippen molar-refractivity contribution in [3.8, 4) is 0 Å². The topological polar surface area (TPSA) is 0 Å². The van der Waals surface area contributed by atoms with E-state index in [4.69, 9.17) is 0 Å². The lowest BCUT2D eigenvalue weighted by Gasteiger charge is -1.11. The Balaban J connectivity index is 0. The van der Waals surface area contributed by atoms with E-state index >= 15 is 0 Å². The van der Waals surface area contributed by atoms with E-state index in [2.05, 4.69) is 23.3 Å². The molecular formula is C2H8S2. The van der Waals surface area contributed by atoms with E-state index in [9.17, 15) is 0 Å². The molecule has 0 spiro atoms. The van der Waals surface area contributed by atoms with Gasteiger partial charge in [0, 0.05) is 0 Å². The van der Waals surface area contributed by atoms with Crippen molar-refractivity contribution in [2.75, 3.05) is 0 Å². The maximum absolute atomic E-state index is 3.22. The Hall–Kier alpha value is 0.700. The second kappa shape index (κ2) is 55.0. The number of hydrogen-bond donors (Lipinski definition) is 2. The quantitative estimate of drug-likeness (QED) is 0.333. The molecule has 0 bridgehead atoms. The van der Waals surface area contributed by atoms with Crippen molar-refractivity contribution in [1.29, 1.82) is 0 Å². The van der Waals surface area contributed by atoms with Gasteiger partial charge in [-0.3, -0.25) is 0 Å². The molecule has 0 N–H and O–H groups in total. The molecule has 0 radical (unpaired) electrons. The molecule has 0 nitrogen and oxygen atoms in total. The molecule has 0 aliphatic heterocycles. The molecule has 0 atom stereocenters. The molecule has 0 aromatic rings. The second-order valence-electron chi connectivity index (χ2n) is 0. The summed E-state index contributed by atoms with van der Waals surface area (Å²) < 4.78 is 0. The highest BCUT2D eigenvalue weighted by atomic mass is 33.1. The summed E-state index contributed by atoms with van der Waals surface area (Å²) in [6, 6.07) is 0. The van der Waals surface area contributed by atoms with Crippen LogP contribution >= 0.6 is 23.3 Å². The summed E-state index contributed by atoms with van der Waals surface area (Å²) in [7, 11) is 0. The van der Waals surface area contributed by atoms with E-state index < -0.39 is 0 Å². The SMILES string of the molecule is CC.SS. The number of thiol groups is 2. The van der Waals surface area contributed by atoms with Crippen molar-refractivity contribution in [2.24, 2.45) is 0 Å². The third-order valence-corrected chi connectivity index (χ3v) is 0. The van der Waals surface area contributed by atoms with Crippen molar-refractivity contribution in [2.45, 2.75) is 13.8 Å². The fourth-order valence-electron chi connectivity index (χ4n) is 0. The van der Waals surface area contributed by atoms with Gasteiger partial charge >= 0.3 is 0 Å². The predicted octanol–water partition coefficient (Wildman–Crippen LogP) is 1.79. The minimum Gasteiger partial charge on any atom is -0.115 e. The van der Waals surface area contributed by atoms with Crippen LogP contribution in [0.3, 0.4) is 0 Å². The molecule has 2 heteroatoms. The number of rotatable bonds is 0. The second-order valence-corrected chi connectivity index (χ2v) is 0. The van der Waals surface area contributed by atoms with Crippen LogP contribution in [0.25, 0.3) is 0 Å². The molecule has 0 aromatic heterocycles. The van der Waals surface area contributed by atoms with Gasteiger partial charge in [-0.15, -0.1) is 23.3 Å². The van der Waals surface area contributed by atoms with E-state index in [1.54, 1.807) is 0 Å². The summed E-state index contributed by atoms with van der Waals surface area (Å²) in [6.45, 7) is 4.00. The predicted molar refractivity (Wildman–Crippen MR) is 29.3 cm³/mol. The summed E-state index contributed by atoms with van der Waals surface area (Å²) >= 11 is 6.44. The third kappa shape index (κ3) is 15.9. The zero-order chi connectivity index (χ0) is 4.00. The minimum absolute atomic E-state index is 2.00. The Morgan fingerprint density at radius 1 is 1.00 bits per heavy atom.